The van der Waals surface area contributed by atoms with E-state index in [-0.39, 0.29) is 23.5 Å². The van der Waals surface area contributed by atoms with E-state index in [9.17, 15) is 18.4 Å². The zero-order valence-corrected chi connectivity index (χ0v) is 11.7. The molecule has 0 aromatic heterocycles. The van der Waals surface area contributed by atoms with Crippen LogP contribution in [0.2, 0.25) is 0 Å². The Hall–Kier alpha value is -1.98. The Bertz CT molecular complexity index is 506. The van der Waals surface area contributed by atoms with E-state index in [1.54, 1.807) is 11.9 Å². The summed E-state index contributed by atoms with van der Waals surface area (Å²) in [5.74, 6) is 0.0750. The average molecular weight is 297 g/mol. The normalized spacial score (nSPS) is 16.1. The molecule has 0 heterocycles. The van der Waals surface area contributed by atoms with E-state index in [1.165, 1.54) is 24.3 Å². The Morgan fingerprint density at radius 3 is 2.33 bits per heavy atom. The van der Waals surface area contributed by atoms with Crippen LogP contribution < -0.4 is 4.74 Å². The van der Waals surface area contributed by atoms with Crippen molar-refractivity contribution in [2.75, 3.05) is 7.05 Å². The minimum Gasteiger partial charge on any atom is -0.435 e. The van der Waals surface area contributed by atoms with Gasteiger partial charge in [-0.2, -0.15) is 8.78 Å². The zero-order valence-electron chi connectivity index (χ0n) is 11.7. The van der Waals surface area contributed by atoms with Crippen molar-refractivity contribution in [3.8, 4) is 5.75 Å². The zero-order chi connectivity index (χ0) is 15.4. The Morgan fingerprint density at radius 2 is 1.81 bits per heavy atom. The summed E-state index contributed by atoms with van der Waals surface area (Å²) in [6, 6.07) is 5.66. The van der Waals surface area contributed by atoms with Crippen molar-refractivity contribution in [1.29, 1.82) is 0 Å². The highest BCUT2D eigenvalue weighted by Crippen LogP contribution is 2.22. The van der Waals surface area contributed by atoms with E-state index >= 15 is 0 Å². The highest BCUT2D eigenvalue weighted by Gasteiger charge is 2.25. The van der Waals surface area contributed by atoms with E-state index in [0.29, 0.717) is 31.2 Å². The molecule has 0 radical (unpaired) electrons. The number of ether oxygens (including phenoxy) is 1. The minimum absolute atomic E-state index is 0.0208. The van der Waals surface area contributed by atoms with Crippen LogP contribution in [0.3, 0.4) is 0 Å². The predicted octanol–water partition coefficient (Wildman–Crippen LogP) is 2.87. The summed E-state index contributed by atoms with van der Waals surface area (Å²) in [6.07, 6.45) is 2.36. The second-order valence-electron chi connectivity index (χ2n) is 5.09. The lowest BCUT2D eigenvalue weighted by molar-refractivity contribution is -0.121. The summed E-state index contributed by atoms with van der Waals surface area (Å²) in [7, 11) is 1.70. The van der Waals surface area contributed by atoms with Crippen molar-refractivity contribution in [2.45, 2.75) is 38.3 Å². The standard InChI is InChI=1S/C15H17F2NO3/c1-18(11-4-6-12(19)7-5-11)14(20)10-2-8-13(9-3-10)21-15(16)17/h2-3,8-9,11,15H,4-7H2,1H3. The van der Waals surface area contributed by atoms with Crippen LogP contribution in [0, 0.1) is 0 Å². The third-order valence-corrected chi connectivity index (χ3v) is 3.71. The fourth-order valence-corrected chi connectivity index (χ4v) is 2.46. The van der Waals surface area contributed by atoms with Gasteiger partial charge in [-0.05, 0) is 37.1 Å². The number of rotatable bonds is 4. The first-order valence-corrected chi connectivity index (χ1v) is 6.81. The average Bonchev–Trinajstić information content (AvgIpc) is 2.47. The molecule has 0 saturated heterocycles. The highest BCUT2D eigenvalue weighted by molar-refractivity contribution is 5.94. The van der Waals surface area contributed by atoms with Gasteiger partial charge in [0.2, 0.25) is 0 Å². The second kappa shape index (κ2) is 6.65. The summed E-state index contributed by atoms with van der Waals surface area (Å²) in [5, 5.41) is 0. The number of alkyl halides is 2. The number of hydrogen-bond donors (Lipinski definition) is 0. The molecule has 0 N–H and O–H groups in total. The van der Waals surface area contributed by atoms with E-state index in [0.717, 1.165) is 0 Å². The van der Waals surface area contributed by atoms with Gasteiger partial charge in [0.25, 0.3) is 5.91 Å². The van der Waals surface area contributed by atoms with Gasteiger partial charge in [-0.15, -0.1) is 0 Å². The number of hydrogen-bond acceptors (Lipinski definition) is 3. The SMILES string of the molecule is CN(C(=O)c1ccc(OC(F)F)cc1)C1CCC(=O)CC1. The second-order valence-corrected chi connectivity index (χ2v) is 5.09. The third-order valence-electron chi connectivity index (χ3n) is 3.71. The van der Waals surface area contributed by atoms with Crippen molar-refractivity contribution in [3.05, 3.63) is 29.8 Å². The molecular formula is C15H17F2NO3. The molecule has 0 atom stereocenters. The molecule has 1 saturated carbocycles. The molecule has 0 aliphatic heterocycles. The first-order valence-electron chi connectivity index (χ1n) is 6.81. The molecule has 1 amide bonds. The maximum atomic E-state index is 12.3. The van der Waals surface area contributed by atoms with Crippen molar-refractivity contribution < 1.29 is 23.1 Å². The highest BCUT2D eigenvalue weighted by atomic mass is 19.3. The van der Waals surface area contributed by atoms with E-state index in [4.69, 9.17) is 0 Å². The largest absolute Gasteiger partial charge is 0.435 e. The first kappa shape index (κ1) is 15.4. The maximum Gasteiger partial charge on any atom is 0.387 e. The van der Waals surface area contributed by atoms with Crippen molar-refractivity contribution in [3.63, 3.8) is 0 Å². The number of Topliss-reactive ketones (excluding diaryl/α,β-unsaturated/α-hetero) is 1. The number of carbonyl (C=O) groups excluding carboxylic acids is 2. The van der Waals surface area contributed by atoms with Gasteiger partial charge in [0.05, 0.1) is 0 Å². The molecule has 114 valence electrons. The number of halogens is 2. The Balaban J connectivity index is 2.00. The van der Waals surface area contributed by atoms with Gasteiger partial charge in [0, 0.05) is 31.5 Å². The summed E-state index contributed by atoms with van der Waals surface area (Å²) in [5.41, 5.74) is 0.413. The van der Waals surface area contributed by atoms with Crippen LogP contribution in [0.25, 0.3) is 0 Å². The Morgan fingerprint density at radius 1 is 1.24 bits per heavy atom. The van der Waals surface area contributed by atoms with E-state index in [2.05, 4.69) is 4.74 Å². The summed E-state index contributed by atoms with van der Waals surface area (Å²) in [6.45, 7) is -2.88. The monoisotopic (exact) mass is 297 g/mol. The summed E-state index contributed by atoms with van der Waals surface area (Å²) >= 11 is 0. The molecule has 1 aromatic rings. The number of ketones is 1. The van der Waals surface area contributed by atoms with Crippen molar-refractivity contribution >= 4 is 11.7 Å². The lowest BCUT2D eigenvalue weighted by Gasteiger charge is -2.30. The quantitative estimate of drug-likeness (QED) is 0.858. The van der Waals surface area contributed by atoms with Gasteiger partial charge in [0.1, 0.15) is 11.5 Å². The molecule has 21 heavy (non-hydrogen) atoms. The minimum atomic E-state index is -2.88. The molecule has 4 nitrogen and oxygen atoms in total. The van der Waals surface area contributed by atoms with E-state index in [1.807, 2.05) is 0 Å². The van der Waals surface area contributed by atoms with Crippen LogP contribution in [-0.2, 0) is 4.79 Å². The molecule has 1 aromatic carbocycles. The van der Waals surface area contributed by atoms with Crippen LogP contribution in [0.15, 0.2) is 24.3 Å². The van der Waals surface area contributed by atoms with Crippen LogP contribution in [0.4, 0.5) is 8.78 Å². The molecule has 1 aliphatic rings. The molecule has 6 heteroatoms. The van der Waals surface area contributed by atoms with Gasteiger partial charge >= 0.3 is 6.61 Å². The fraction of sp³-hybridized carbons (Fsp3) is 0.467. The van der Waals surface area contributed by atoms with Gasteiger partial charge in [-0.1, -0.05) is 0 Å². The van der Waals surface area contributed by atoms with Gasteiger partial charge in [-0.3, -0.25) is 9.59 Å². The number of amides is 1. The van der Waals surface area contributed by atoms with Gasteiger partial charge in [-0.25, -0.2) is 0 Å². The van der Waals surface area contributed by atoms with Crippen LogP contribution >= 0.6 is 0 Å². The predicted molar refractivity (Wildman–Crippen MR) is 72.4 cm³/mol. The lowest BCUT2D eigenvalue weighted by atomic mass is 9.93. The summed E-state index contributed by atoms with van der Waals surface area (Å²) in [4.78, 5) is 25.1. The third kappa shape index (κ3) is 4.00. The van der Waals surface area contributed by atoms with Gasteiger partial charge < -0.3 is 9.64 Å². The van der Waals surface area contributed by atoms with Crippen LogP contribution in [0.5, 0.6) is 5.75 Å². The number of benzene rings is 1. The smallest absolute Gasteiger partial charge is 0.387 e. The number of carbonyl (C=O) groups is 2. The van der Waals surface area contributed by atoms with Crippen LogP contribution in [0.1, 0.15) is 36.0 Å². The number of nitrogens with zero attached hydrogens (tertiary/aromatic N) is 1. The molecule has 1 aliphatic carbocycles. The fourth-order valence-electron chi connectivity index (χ4n) is 2.46. The maximum absolute atomic E-state index is 12.3. The lowest BCUT2D eigenvalue weighted by Crippen LogP contribution is -2.39. The Labute approximate surface area is 121 Å². The van der Waals surface area contributed by atoms with Crippen LogP contribution in [-0.4, -0.2) is 36.3 Å². The molecule has 1 fully saturated rings. The molecule has 0 unspecified atom stereocenters. The topological polar surface area (TPSA) is 46.6 Å². The first-order chi connectivity index (χ1) is 9.97. The van der Waals surface area contributed by atoms with Crippen molar-refractivity contribution in [2.24, 2.45) is 0 Å². The molecule has 0 bridgehead atoms. The summed E-state index contributed by atoms with van der Waals surface area (Å²) < 4.78 is 28.4. The molecule has 2 rings (SSSR count). The van der Waals surface area contributed by atoms with Gasteiger partial charge in [0.15, 0.2) is 0 Å². The molecule has 0 spiro atoms. The Kier molecular flexibility index (Phi) is 4.88. The van der Waals surface area contributed by atoms with E-state index < -0.39 is 6.61 Å². The molecular weight excluding hydrogens is 280 g/mol. The van der Waals surface area contributed by atoms with Crippen molar-refractivity contribution in [1.82, 2.24) is 4.90 Å².